The molecule has 0 amide bonds. The number of hydrogen-bond acceptors (Lipinski definition) is 3. The van der Waals surface area contributed by atoms with E-state index in [4.69, 9.17) is 4.55 Å². The number of thiophene rings is 1. The van der Waals surface area contributed by atoms with E-state index in [9.17, 15) is 8.42 Å². The van der Waals surface area contributed by atoms with Crippen molar-refractivity contribution >= 4 is 21.5 Å². The van der Waals surface area contributed by atoms with E-state index in [1.807, 2.05) is 31.2 Å². The van der Waals surface area contributed by atoms with Crippen molar-refractivity contribution in [3.63, 3.8) is 0 Å². The standard InChI is InChI=1S/C11H10O3S2/c1-8-2-4-9(5-3-8)10-6-7-15-11(10)16(12,13)14/h2-7H,1H3,(H,12,13,14). The Morgan fingerprint density at radius 3 is 2.31 bits per heavy atom. The Labute approximate surface area is 98.1 Å². The molecule has 0 aliphatic heterocycles. The monoisotopic (exact) mass is 254 g/mol. The molecule has 0 bridgehead atoms. The lowest BCUT2D eigenvalue weighted by Gasteiger charge is -2.01. The summed E-state index contributed by atoms with van der Waals surface area (Å²) in [6, 6.07) is 9.18. The topological polar surface area (TPSA) is 54.4 Å². The molecule has 0 saturated carbocycles. The predicted molar refractivity (Wildman–Crippen MR) is 64.3 cm³/mol. The van der Waals surface area contributed by atoms with Crippen LogP contribution in [0.4, 0.5) is 0 Å². The maximum absolute atomic E-state index is 11.1. The molecular weight excluding hydrogens is 244 g/mol. The lowest BCUT2D eigenvalue weighted by atomic mass is 10.1. The minimum Gasteiger partial charge on any atom is -0.281 e. The maximum Gasteiger partial charge on any atom is 0.304 e. The number of aryl methyl sites for hydroxylation is 1. The highest BCUT2D eigenvalue weighted by Gasteiger charge is 2.17. The second-order valence-corrected chi connectivity index (χ2v) is 6.00. The summed E-state index contributed by atoms with van der Waals surface area (Å²) in [4.78, 5) is 0. The highest BCUT2D eigenvalue weighted by Crippen LogP contribution is 2.31. The van der Waals surface area contributed by atoms with Gasteiger partial charge in [-0.2, -0.15) is 8.42 Å². The summed E-state index contributed by atoms with van der Waals surface area (Å²) < 4.78 is 31.3. The Kier molecular flexibility index (Phi) is 2.84. The van der Waals surface area contributed by atoms with E-state index in [-0.39, 0.29) is 4.21 Å². The van der Waals surface area contributed by atoms with Gasteiger partial charge < -0.3 is 0 Å². The van der Waals surface area contributed by atoms with Crippen LogP contribution in [0, 0.1) is 6.92 Å². The van der Waals surface area contributed by atoms with Crippen LogP contribution in [0.5, 0.6) is 0 Å². The Bertz CT molecular complexity index is 594. The van der Waals surface area contributed by atoms with Gasteiger partial charge in [-0.15, -0.1) is 11.3 Å². The summed E-state index contributed by atoms with van der Waals surface area (Å²) in [6.07, 6.45) is 0. The fourth-order valence-electron chi connectivity index (χ4n) is 1.44. The van der Waals surface area contributed by atoms with Crippen LogP contribution in [0.3, 0.4) is 0 Å². The third kappa shape index (κ3) is 2.16. The molecule has 0 unspecified atom stereocenters. The van der Waals surface area contributed by atoms with E-state index in [0.29, 0.717) is 5.56 Å². The minimum absolute atomic E-state index is 0.00338. The molecule has 1 N–H and O–H groups in total. The summed E-state index contributed by atoms with van der Waals surface area (Å²) in [6.45, 7) is 1.96. The van der Waals surface area contributed by atoms with Crippen LogP contribution in [0.1, 0.15) is 5.56 Å². The van der Waals surface area contributed by atoms with Crippen molar-refractivity contribution in [3.05, 3.63) is 41.3 Å². The summed E-state index contributed by atoms with van der Waals surface area (Å²) in [5.74, 6) is 0. The van der Waals surface area contributed by atoms with Gasteiger partial charge in [0.25, 0.3) is 0 Å². The van der Waals surface area contributed by atoms with Gasteiger partial charge in [0.1, 0.15) is 0 Å². The SMILES string of the molecule is Cc1ccc(-c2ccsc2S(=O)(=O)O)cc1. The molecule has 2 rings (SSSR count). The number of hydrogen-bond donors (Lipinski definition) is 1. The molecule has 0 saturated heterocycles. The van der Waals surface area contributed by atoms with Crippen LogP contribution in [0.25, 0.3) is 11.1 Å². The van der Waals surface area contributed by atoms with Crippen LogP contribution in [-0.2, 0) is 10.1 Å². The third-order valence-corrected chi connectivity index (χ3v) is 4.54. The third-order valence-electron chi connectivity index (χ3n) is 2.23. The van der Waals surface area contributed by atoms with E-state index >= 15 is 0 Å². The first kappa shape index (κ1) is 11.3. The second kappa shape index (κ2) is 4.01. The van der Waals surface area contributed by atoms with Crippen molar-refractivity contribution in [3.8, 4) is 11.1 Å². The second-order valence-electron chi connectivity index (χ2n) is 3.46. The van der Waals surface area contributed by atoms with Crippen molar-refractivity contribution in [2.75, 3.05) is 0 Å². The fourth-order valence-corrected chi connectivity index (χ4v) is 3.20. The van der Waals surface area contributed by atoms with Gasteiger partial charge in [0.2, 0.25) is 0 Å². The van der Waals surface area contributed by atoms with Crippen LogP contribution >= 0.6 is 11.3 Å². The zero-order valence-electron chi connectivity index (χ0n) is 8.54. The van der Waals surface area contributed by atoms with Gasteiger partial charge in [-0.3, -0.25) is 4.55 Å². The molecule has 3 nitrogen and oxygen atoms in total. The van der Waals surface area contributed by atoms with Gasteiger partial charge in [0, 0.05) is 5.56 Å². The van der Waals surface area contributed by atoms with Gasteiger partial charge >= 0.3 is 10.1 Å². The molecule has 0 atom stereocenters. The van der Waals surface area contributed by atoms with E-state index in [0.717, 1.165) is 22.5 Å². The predicted octanol–water partition coefficient (Wildman–Crippen LogP) is 2.97. The number of rotatable bonds is 2. The van der Waals surface area contributed by atoms with Gasteiger partial charge in [0.05, 0.1) is 0 Å². The molecule has 2 aromatic rings. The molecule has 5 heteroatoms. The quantitative estimate of drug-likeness (QED) is 0.838. The fraction of sp³-hybridized carbons (Fsp3) is 0.0909. The molecule has 0 aliphatic rings. The first-order valence-electron chi connectivity index (χ1n) is 4.60. The van der Waals surface area contributed by atoms with E-state index in [2.05, 4.69) is 0 Å². The van der Waals surface area contributed by atoms with E-state index in [1.165, 1.54) is 0 Å². The van der Waals surface area contributed by atoms with E-state index < -0.39 is 10.1 Å². The molecular formula is C11H10O3S2. The normalized spacial score (nSPS) is 11.6. The molecule has 0 aliphatic carbocycles. The number of benzene rings is 1. The Morgan fingerprint density at radius 1 is 1.12 bits per heavy atom. The first-order chi connectivity index (χ1) is 7.48. The molecule has 1 aromatic carbocycles. The summed E-state index contributed by atoms with van der Waals surface area (Å²) >= 11 is 1.02. The summed E-state index contributed by atoms with van der Waals surface area (Å²) in [5, 5.41) is 1.65. The lowest BCUT2D eigenvalue weighted by molar-refractivity contribution is 0.486. The van der Waals surface area contributed by atoms with Gasteiger partial charge in [-0.05, 0) is 23.9 Å². The van der Waals surface area contributed by atoms with Crippen molar-refractivity contribution in [1.29, 1.82) is 0 Å². The molecule has 0 spiro atoms. The Hall–Kier alpha value is -1.17. The summed E-state index contributed by atoms with van der Waals surface area (Å²) in [5.41, 5.74) is 2.44. The average Bonchev–Trinajstić information content (AvgIpc) is 2.66. The summed E-state index contributed by atoms with van der Waals surface area (Å²) in [7, 11) is -4.13. The zero-order valence-corrected chi connectivity index (χ0v) is 10.2. The van der Waals surface area contributed by atoms with Crippen LogP contribution < -0.4 is 0 Å². The highest BCUT2D eigenvalue weighted by molar-refractivity contribution is 7.88. The van der Waals surface area contributed by atoms with Crippen molar-refractivity contribution in [2.24, 2.45) is 0 Å². The van der Waals surface area contributed by atoms with Gasteiger partial charge in [0.15, 0.2) is 4.21 Å². The lowest BCUT2D eigenvalue weighted by Crippen LogP contribution is -1.96. The molecule has 1 aromatic heterocycles. The molecule has 0 fully saturated rings. The zero-order chi connectivity index (χ0) is 11.8. The van der Waals surface area contributed by atoms with Crippen molar-refractivity contribution in [2.45, 2.75) is 11.1 Å². The molecule has 0 radical (unpaired) electrons. The van der Waals surface area contributed by atoms with Gasteiger partial charge in [-0.25, -0.2) is 0 Å². The maximum atomic E-state index is 11.1. The Balaban J connectivity index is 2.58. The first-order valence-corrected chi connectivity index (χ1v) is 6.92. The van der Waals surface area contributed by atoms with Crippen LogP contribution in [0.2, 0.25) is 0 Å². The molecule has 16 heavy (non-hydrogen) atoms. The van der Waals surface area contributed by atoms with Crippen molar-refractivity contribution < 1.29 is 13.0 Å². The molecule has 1 heterocycles. The van der Waals surface area contributed by atoms with Crippen LogP contribution in [0.15, 0.2) is 39.9 Å². The molecule has 84 valence electrons. The smallest absolute Gasteiger partial charge is 0.281 e. The highest BCUT2D eigenvalue weighted by atomic mass is 32.3. The average molecular weight is 254 g/mol. The van der Waals surface area contributed by atoms with Gasteiger partial charge in [-0.1, -0.05) is 29.8 Å². The van der Waals surface area contributed by atoms with E-state index in [1.54, 1.807) is 11.4 Å². The largest absolute Gasteiger partial charge is 0.304 e. The van der Waals surface area contributed by atoms with Crippen molar-refractivity contribution in [1.82, 2.24) is 0 Å². The Morgan fingerprint density at radius 2 is 1.75 bits per heavy atom. The van der Waals surface area contributed by atoms with Crippen LogP contribution in [-0.4, -0.2) is 13.0 Å². The minimum atomic E-state index is -4.13.